The van der Waals surface area contributed by atoms with E-state index in [0.717, 1.165) is 10.6 Å². The lowest BCUT2D eigenvalue weighted by Gasteiger charge is -2.04. The fraction of sp³-hybridized carbons (Fsp3) is 0.167. The Morgan fingerprint density at radius 1 is 1.42 bits per heavy atom. The van der Waals surface area contributed by atoms with E-state index in [9.17, 15) is 4.79 Å². The molecule has 0 aliphatic heterocycles. The molecule has 0 aliphatic rings. The molecule has 100 valence electrons. The molecule has 1 aromatic heterocycles. The Hall–Kier alpha value is -1.14. The normalized spacial score (nSPS) is 12.4. The highest BCUT2D eigenvalue weighted by Gasteiger charge is 2.18. The van der Waals surface area contributed by atoms with Crippen molar-refractivity contribution in [3.8, 4) is 0 Å². The first-order valence-corrected chi connectivity index (χ1v) is 6.98. The molecule has 2 rings (SSSR count). The van der Waals surface area contributed by atoms with E-state index >= 15 is 0 Å². The molecule has 0 spiro atoms. The maximum Gasteiger partial charge on any atom is 0.326 e. The number of nitrogens with two attached hydrogens (primary N) is 1. The molecule has 0 aliphatic carbocycles. The number of benzene rings is 1. The van der Waals surface area contributed by atoms with Crippen LogP contribution in [0.3, 0.4) is 0 Å². The van der Waals surface area contributed by atoms with Gasteiger partial charge in [-0.25, -0.2) is 4.98 Å². The van der Waals surface area contributed by atoms with Crippen LogP contribution in [-0.4, -0.2) is 16.1 Å². The first kappa shape index (κ1) is 14.3. The predicted molar refractivity (Wildman–Crippen MR) is 75.9 cm³/mol. The van der Waals surface area contributed by atoms with Gasteiger partial charge in [0.05, 0.1) is 10.7 Å². The molecule has 0 amide bonds. The molecular weight excluding hydrogens is 307 g/mol. The van der Waals surface area contributed by atoms with Crippen LogP contribution in [0.25, 0.3) is 0 Å². The lowest BCUT2D eigenvalue weighted by molar-refractivity contribution is -0.138. The van der Waals surface area contributed by atoms with Crippen LogP contribution in [0, 0.1) is 0 Å². The van der Waals surface area contributed by atoms with Gasteiger partial charge in [0.15, 0.2) is 0 Å². The molecule has 19 heavy (non-hydrogen) atoms. The molecule has 1 atom stereocenters. The molecule has 2 aromatic rings. The first-order chi connectivity index (χ1) is 8.99. The Bertz CT molecular complexity index is 595. The topological polar surface area (TPSA) is 76.2 Å². The van der Waals surface area contributed by atoms with Gasteiger partial charge in [-0.05, 0) is 17.7 Å². The number of thiazole rings is 1. The van der Waals surface area contributed by atoms with Crippen molar-refractivity contribution in [3.63, 3.8) is 0 Å². The standard InChI is InChI=1S/C12H10Cl2N2O2S/c13-7-2-1-3-8(14)6(7)4-10-16-9(5-19-10)11(15)12(17)18/h1-3,5,11H,4,15H2,(H,17,18). The van der Waals surface area contributed by atoms with Crippen molar-refractivity contribution in [2.75, 3.05) is 0 Å². The smallest absolute Gasteiger partial charge is 0.326 e. The number of carboxylic acid groups (broad SMARTS) is 1. The van der Waals surface area contributed by atoms with Gasteiger partial charge in [0, 0.05) is 21.8 Å². The summed E-state index contributed by atoms with van der Waals surface area (Å²) in [7, 11) is 0. The summed E-state index contributed by atoms with van der Waals surface area (Å²) in [6, 6.07) is 4.16. The number of aliphatic carboxylic acids is 1. The summed E-state index contributed by atoms with van der Waals surface area (Å²) < 4.78 is 0. The summed E-state index contributed by atoms with van der Waals surface area (Å²) in [5, 5.41) is 12.3. The zero-order valence-electron chi connectivity index (χ0n) is 9.64. The second-order valence-electron chi connectivity index (χ2n) is 3.86. The third-order valence-corrected chi connectivity index (χ3v) is 4.12. The van der Waals surface area contributed by atoms with Crippen molar-refractivity contribution < 1.29 is 9.90 Å². The van der Waals surface area contributed by atoms with Crippen molar-refractivity contribution in [2.24, 2.45) is 5.73 Å². The van der Waals surface area contributed by atoms with Crippen molar-refractivity contribution in [1.82, 2.24) is 4.98 Å². The van der Waals surface area contributed by atoms with E-state index in [1.807, 2.05) is 0 Å². The number of halogens is 2. The zero-order valence-corrected chi connectivity index (χ0v) is 12.0. The highest BCUT2D eigenvalue weighted by Crippen LogP contribution is 2.28. The van der Waals surface area contributed by atoms with E-state index in [1.165, 1.54) is 11.3 Å². The van der Waals surface area contributed by atoms with Crippen LogP contribution in [0.5, 0.6) is 0 Å². The number of aromatic nitrogens is 1. The fourth-order valence-electron chi connectivity index (χ4n) is 1.53. The number of hydrogen-bond donors (Lipinski definition) is 2. The zero-order chi connectivity index (χ0) is 14.0. The van der Waals surface area contributed by atoms with Gasteiger partial charge < -0.3 is 10.8 Å². The number of rotatable bonds is 4. The van der Waals surface area contributed by atoms with Gasteiger partial charge >= 0.3 is 5.97 Å². The lowest BCUT2D eigenvalue weighted by atomic mass is 10.1. The van der Waals surface area contributed by atoms with E-state index in [4.69, 9.17) is 34.0 Å². The highest BCUT2D eigenvalue weighted by atomic mass is 35.5. The van der Waals surface area contributed by atoms with Crippen molar-refractivity contribution in [1.29, 1.82) is 0 Å². The quantitative estimate of drug-likeness (QED) is 0.908. The molecule has 1 aromatic carbocycles. The molecule has 0 saturated carbocycles. The molecule has 7 heteroatoms. The Labute approximate surface area is 123 Å². The van der Waals surface area contributed by atoms with Crippen molar-refractivity contribution >= 4 is 40.5 Å². The van der Waals surface area contributed by atoms with E-state index in [-0.39, 0.29) is 0 Å². The van der Waals surface area contributed by atoms with Gasteiger partial charge in [0.25, 0.3) is 0 Å². The fourth-order valence-corrected chi connectivity index (χ4v) is 2.90. The van der Waals surface area contributed by atoms with Crippen LogP contribution in [-0.2, 0) is 11.2 Å². The average Bonchev–Trinajstić information content (AvgIpc) is 2.81. The van der Waals surface area contributed by atoms with E-state index in [1.54, 1.807) is 23.6 Å². The van der Waals surface area contributed by atoms with Gasteiger partial charge in [-0.1, -0.05) is 29.3 Å². The van der Waals surface area contributed by atoms with Gasteiger partial charge in [0.2, 0.25) is 0 Å². The summed E-state index contributed by atoms with van der Waals surface area (Å²) in [4.78, 5) is 15.0. The lowest BCUT2D eigenvalue weighted by Crippen LogP contribution is -2.20. The summed E-state index contributed by atoms with van der Waals surface area (Å²) in [6.07, 6.45) is 0.454. The summed E-state index contributed by atoms with van der Waals surface area (Å²) >= 11 is 13.5. The Balaban J connectivity index is 2.23. The monoisotopic (exact) mass is 316 g/mol. The van der Waals surface area contributed by atoms with Gasteiger partial charge in [-0.3, -0.25) is 4.79 Å². The van der Waals surface area contributed by atoms with Crippen molar-refractivity contribution in [2.45, 2.75) is 12.5 Å². The Kier molecular flexibility index (Phi) is 4.42. The maximum atomic E-state index is 10.8. The molecule has 3 N–H and O–H groups in total. The molecule has 1 heterocycles. The molecule has 1 unspecified atom stereocenters. The second-order valence-corrected chi connectivity index (χ2v) is 5.62. The molecule has 0 radical (unpaired) electrons. The Morgan fingerprint density at radius 3 is 2.63 bits per heavy atom. The number of nitrogens with zero attached hydrogens (tertiary/aromatic N) is 1. The number of carboxylic acids is 1. The van der Waals surface area contributed by atoms with Gasteiger partial charge in [-0.2, -0.15) is 0 Å². The summed E-state index contributed by atoms with van der Waals surface area (Å²) in [5.74, 6) is -1.10. The van der Waals surface area contributed by atoms with E-state index in [0.29, 0.717) is 22.2 Å². The van der Waals surface area contributed by atoms with E-state index < -0.39 is 12.0 Å². The SMILES string of the molecule is NC(C(=O)O)c1csc(Cc2c(Cl)cccc2Cl)n1. The second kappa shape index (κ2) is 5.88. The van der Waals surface area contributed by atoms with Crippen LogP contribution in [0.4, 0.5) is 0 Å². The maximum absolute atomic E-state index is 10.8. The van der Waals surface area contributed by atoms with Crippen molar-refractivity contribution in [3.05, 3.63) is 49.9 Å². The molecule has 4 nitrogen and oxygen atoms in total. The minimum Gasteiger partial charge on any atom is -0.480 e. The van der Waals surface area contributed by atoms with Crippen LogP contribution in [0.15, 0.2) is 23.6 Å². The molecule has 0 fully saturated rings. The largest absolute Gasteiger partial charge is 0.480 e. The molecule has 0 bridgehead atoms. The third kappa shape index (κ3) is 3.25. The average molecular weight is 317 g/mol. The van der Waals surface area contributed by atoms with Crippen LogP contribution in [0.2, 0.25) is 10.0 Å². The van der Waals surface area contributed by atoms with Crippen LogP contribution >= 0.6 is 34.5 Å². The summed E-state index contributed by atoms with van der Waals surface area (Å²) in [6.45, 7) is 0. The summed E-state index contributed by atoms with van der Waals surface area (Å²) in [5.41, 5.74) is 6.61. The molecule has 0 saturated heterocycles. The van der Waals surface area contributed by atoms with Crippen LogP contribution in [0.1, 0.15) is 22.3 Å². The highest BCUT2D eigenvalue weighted by molar-refractivity contribution is 7.09. The molecular formula is C12H10Cl2N2O2S. The number of hydrogen-bond acceptors (Lipinski definition) is 4. The van der Waals surface area contributed by atoms with Gasteiger partial charge in [0.1, 0.15) is 6.04 Å². The first-order valence-electron chi connectivity index (χ1n) is 5.34. The predicted octanol–water partition coefficient (Wildman–Crippen LogP) is 3.13. The Morgan fingerprint density at radius 2 is 2.05 bits per heavy atom. The number of carbonyl (C=O) groups is 1. The van der Waals surface area contributed by atoms with E-state index in [2.05, 4.69) is 4.98 Å². The van der Waals surface area contributed by atoms with Gasteiger partial charge in [-0.15, -0.1) is 11.3 Å². The third-order valence-electron chi connectivity index (χ3n) is 2.54. The van der Waals surface area contributed by atoms with Crippen LogP contribution < -0.4 is 5.73 Å². The minimum absolute atomic E-state index is 0.343. The minimum atomic E-state index is -1.10.